The zero-order chi connectivity index (χ0) is 14.9. The van der Waals surface area contributed by atoms with Crippen LogP contribution in [0.1, 0.15) is 47.0 Å². The van der Waals surface area contributed by atoms with Crippen molar-refractivity contribution in [3.63, 3.8) is 0 Å². The molecule has 0 aromatic rings. The summed E-state index contributed by atoms with van der Waals surface area (Å²) in [6.45, 7) is 8.07. The molecule has 5 heteroatoms. The molecule has 114 valence electrons. The highest BCUT2D eigenvalue weighted by molar-refractivity contribution is 7.99. The molecule has 0 aromatic carbocycles. The van der Waals surface area contributed by atoms with Crippen LogP contribution in [0, 0.1) is 5.92 Å². The molecular weight excluding hydrogens is 272 g/mol. The zero-order valence-corrected chi connectivity index (χ0v) is 13.8. The number of hydrogen-bond donors (Lipinski definition) is 1. The molecule has 0 spiro atoms. The smallest absolute Gasteiger partial charge is 0.249 e. The summed E-state index contributed by atoms with van der Waals surface area (Å²) in [7, 11) is 0. The van der Waals surface area contributed by atoms with Gasteiger partial charge < -0.3 is 10.2 Å². The van der Waals surface area contributed by atoms with Crippen molar-refractivity contribution in [2.45, 2.75) is 64.6 Å². The van der Waals surface area contributed by atoms with Gasteiger partial charge in [0.25, 0.3) is 0 Å². The largest absolute Gasteiger partial charge is 0.340 e. The van der Waals surface area contributed by atoms with E-state index in [-0.39, 0.29) is 23.9 Å². The summed E-state index contributed by atoms with van der Waals surface area (Å²) in [4.78, 5) is 27.2. The van der Waals surface area contributed by atoms with Gasteiger partial charge in [0.15, 0.2) is 0 Å². The van der Waals surface area contributed by atoms with Crippen molar-refractivity contribution in [1.29, 1.82) is 0 Å². The van der Waals surface area contributed by atoms with Crippen molar-refractivity contribution in [1.82, 2.24) is 10.2 Å². The molecule has 1 saturated heterocycles. The number of nitrogens with zero attached hydrogens (tertiary/aromatic N) is 1. The van der Waals surface area contributed by atoms with Gasteiger partial charge in [-0.1, -0.05) is 13.8 Å². The fourth-order valence-electron chi connectivity index (χ4n) is 3.12. The Bertz CT molecular complexity index is 397. The van der Waals surface area contributed by atoms with Crippen LogP contribution in [0.25, 0.3) is 0 Å². The molecule has 4 nitrogen and oxygen atoms in total. The standard InChI is InChI=1S/C15H26N2O2S/c1-5-12-13(18)16-15(4,11-7-8-11)14(19)17(12)10(3)9-20-6-2/h10-12H,5-9H2,1-4H3,(H,16,18). The second kappa shape index (κ2) is 5.96. The summed E-state index contributed by atoms with van der Waals surface area (Å²) in [6.07, 6.45) is 2.77. The molecule has 1 saturated carbocycles. The van der Waals surface area contributed by atoms with E-state index < -0.39 is 5.54 Å². The van der Waals surface area contributed by atoms with Gasteiger partial charge in [-0.05, 0) is 44.8 Å². The lowest BCUT2D eigenvalue weighted by molar-refractivity contribution is -0.157. The number of nitrogens with one attached hydrogen (secondary N) is 1. The van der Waals surface area contributed by atoms with Crippen molar-refractivity contribution in [2.24, 2.45) is 5.92 Å². The Balaban J connectivity index is 2.23. The van der Waals surface area contributed by atoms with E-state index in [0.29, 0.717) is 12.3 Å². The average molecular weight is 298 g/mol. The fourth-order valence-corrected chi connectivity index (χ4v) is 3.86. The predicted octanol–water partition coefficient (Wildman–Crippen LogP) is 2.03. The van der Waals surface area contributed by atoms with Crippen LogP contribution < -0.4 is 5.32 Å². The second-order valence-electron chi connectivity index (χ2n) is 6.11. The van der Waals surface area contributed by atoms with Gasteiger partial charge in [-0.15, -0.1) is 0 Å². The van der Waals surface area contributed by atoms with E-state index in [4.69, 9.17) is 0 Å². The minimum atomic E-state index is -0.673. The number of carbonyl (C=O) groups is 2. The number of rotatable bonds is 6. The van der Waals surface area contributed by atoms with Gasteiger partial charge in [0.05, 0.1) is 0 Å². The highest BCUT2D eigenvalue weighted by Crippen LogP contribution is 2.42. The summed E-state index contributed by atoms with van der Waals surface area (Å²) >= 11 is 1.82. The fraction of sp³-hybridized carbons (Fsp3) is 0.867. The maximum Gasteiger partial charge on any atom is 0.249 e. The Morgan fingerprint density at radius 2 is 2.05 bits per heavy atom. The van der Waals surface area contributed by atoms with Crippen LogP contribution in [0.4, 0.5) is 0 Å². The number of carbonyl (C=O) groups excluding carboxylic acids is 2. The van der Waals surface area contributed by atoms with E-state index in [9.17, 15) is 9.59 Å². The van der Waals surface area contributed by atoms with Crippen LogP contribution in [0.15, 0.2) is 0 Å². The van der Waals surface area contributed by atoms with Gasteiger partial charge in [-0.3, -0.25) is 9.59 Å². The van der Waals surface area contributed by atoms with Crippen molar-refractivity contribution in [3.8, 4) is 0 Å². The quantitative estimate of drug-likeness (QED) is 0.816. The molecule has 1 heterocycles. The van der Waals surface area contributed by atoms with E-state index in [0.717, 1.165) is 24.3 Å². The molecule has 2 amide bonds. The molecule has 1 aliphatic heterocycles. The maximum absolute atomic E-state index is 13.0. The summed E-state index contributed by atoms with van der Waals surface area (Å²) in [5.74, 6) is 2.40. The van der Waals surface area contributed by atoms with Crippen LogP contribution >= 0.6 is 11.8 Å². The van der Waals surface area contributed by atoms with Crippen molar-refractivity contribution >= 4 is 23.6 Å². The van der Waals surface area contributed by atoms with Gasteiger partial charge in [-0.2, -0.15) is 11.8 Å². The van der Waals surface area contributed by atoms with Crippen LogP contribution in [0.5, 0.6) is 0 Å². The van der Waals surface area contributed by atoms with E-state index in [1.165, 1.54) is 0 Å². The summed E-state index contributed by atoms with van der Waals surface area (Å²) in [5, 5.41) is 3.01. The van der Waals surface area contributed by atoms with Crippen LogP contribution in [-0.4, -0.2) is 45.8 Å². The molecule has 3 unspecified atom stereocenters. The summed E-state index contributed by atoms with van der Waals surface area (Å²) in [6, 6.07) is -0.191. The number of piperazine rings is 1. The first-order chi connectivity index (χ1) is 9.45. The average Bonchev–Trinajstić information content (AvgIpc) is 3.24. The molecule has 1 N–H and O–H groups in total. The van der Waals surface area contributed by atoms with E-state index in [2.05, 4.69) is 19.2 Å². The molecule has 2 rings (SSSR count). The minimum absolute atomic E-state index is 0.0230. The first-order valence-corrected chi connectivity index (χ1v) is 8.83. The van der Waals surface area contributed by atoms with Crippen molar-refractivity contribution in [3.05, 3.63) is 0 Å². The second-order valence-corrected chi connectivity index (χ2v) is 7.43. The monoisotopic (exact) mass is 298 g/mol. The topological polar surface area (TPSA) is 49.4 Å². The van der Waals surface area contributed by atoms with Crippen LogP contribution in [0.3, 0.4) is 0 Å². The lowest BCUT2D eigenvalue weighted by atomic mass is 9.88. The van der Waals surface area contributed by atoms with E-state index in [1.54, 1.807) is 0 Å². The van der Waals surface area contributed by atoms with E-state index >= 15 is 0 Å². The highest BCUT2D eigenvalue weighted by atomic mass is 32.2. The predicted molar refractivity (Wildman–Crippen MR) is 82.7 cm³/mol. The molecule has 0 bridgehead atoms. The normalized spacial score (nSPS) is 32.2. The van der Waals surface area contributed by atoms with Gasteiger partial charge in [0.1, 0.15) is 11.6 Å². The first-order valence-electron chi connectivity index (χ1n) is 7.68. The third-order valence-electron chi connectivity index (χ3n) is 4.52. The molecule has 3 atom stereocenters. The van der Waals surface area contributed by atoms with Crippen LogP contribution in [0.2, 0.25) is 0 Å². The third kappa shape index (κ3) is 2.69. The molecular formula is C15H26N2O2S. The highest BCUT2D eigenvalue weighted by Gasteiger charge is 2.55. The lowest BCUT2D eigenvalue weighted by Gasteiger charge is -2.47. The number of hydrogen-bond acceptors (Lipinski definition) is 3. The molecule has 2 aliphatic rings. The molecule has 0 radical (unpaired) electrons. The SMILES string of the molecule is CCSCC(C)N1C(=O)C(C)(C2CC2)NC(=O)C1CC. The molecule has 2 fully saturated rings. The number of thioether (sulfide) groups is 1. The van der Waals surface area contributed by atoms with Gasteiger partial charge >= 0.3 is 0 Å². The van der Waals surface area contributed by atoms with Gasteiger partial charge in [-0.25, -0.2) is 0 Å². The Kier molecular flexibility index (Phi) is 4.67. The maximum atomic E-state index is 13.0. The van der Waals surface area contributed by atoms with Crippen molar-refractivity contribution in [2.75, 3.05) is 11.5 Å². The molecule has 0 aromatic heterocycles. The lowest BCUT2D eigenvalue weighted by Crippen LogP contribution is -2.71. The zero-order valence-electron chi connectivity index (χ0n) is 12.9. The first kappa shape index (κ1) is 15.7. The van der Waals surface area contributed by atoms with E-state index in [1.807, 2.05) is 30.5 Å². The Morgan fingerprint density at radius 1 is 1.40 bits per heavy atom. The molecule has 1 aliphatic carbocycles. The Morgan fingerprint density at radius 3 is 2.55 bits per heavy atom. The van der Waals surface area contributed by atoms with Crippen molar-refractivity contribution < 1.29 is 9.59 Å². The molecule has 20 heavy (non-hydrogen) atoms. The Labute approximate surface area is 126 Å². The van der Waals surface area contributed by atoms with Crippen LogP contribution in [-0.2, 0) is 9.59 Å². The Hall–Kier alpha value is -0.710. The van der Waals surface area contributed by atoms with Gasteiger partial charge in [0, 0.05) is 11.8 Å². The summed E-state index contributed by atoms with van der Waals surface area (Å²) < 4.78 is 0. The third-order valence-corrected chi connectivity index (χ3v) is 5.65. The number of amides is 2. The van der Waals surface area contributed by atoms with Gasteiger partial charge in [0.2, 0.25) is 11.8 Å². The summed E-state index contributed by atoms with van der Waals surface area (Å²) in [5.41, 5.74) is -0.673. The minimum Gasteiger partial charge on any atom is -0.340 e.